The third kappa shape index (κ3) is 1.95. The molecule has 1 aromatic heterocycles. The molecule has 1 N–H and O–H groups in total. The van der Waals surface area contributed by atoms with Crippen LogP contribution < -0.4 is 10.00 Å². The molecule has 3 aromatic rings. The van der Waals surface area contributed by atoms with Gasteiger partial charge in [-0.3, -0.25) is 4.79 Å². The fourth-order valence-electron chi connectivity index (χ4n) is 2.42. The van der Waals surface area contributed by atoms with E-state index in [9.17, 15) is 4.79 Å². The fourth-order valence-corrected chi connectivity index (χ4v) is 2.42. The molecule has 1 heterocycles. The van der Waals surface area contributed by atoms with Crippen LogP contribution in [0.15, 0.2) is 54.6 Å². The zero-order chi connectivity index (χ0) is 14.1. The summed E-state index contributed by atoms with van der Waals surface area (Å²) >= 11 is 0. The van der Waals surface area contributed by atoms with Gasteiger partial charge in [-0.15, -0.1) is 4.68 Å². The van der Waals surface area contributed by atoms with Gasteiger partial charge in [0.2, 0.25) is 0 Å². The molecule has 0 radical (unpaired) electrons. The van der Waals surface area contributed by atoms with Crippen LogP contribution in [0, 0.1) is 0 Å². The molecular formula is C16H16N3O+. The Morgan fingerprint density at radius 3 is 2.45 bits per heavy atom. The van der Waals surface area contributed by atoms with Gasteiger partial charge in [0.05, 0.1) is 12.4 Å². The summed E-state index contributed by atoms with van der Waals surface area (Å²) in [6, 6.07) is 17.4. The predicted octanol–water partition coefficient (Wildman–Crippen LogP) is 2.26. The monoisotopic (exact) mass is 266 g/mol. The van der Waals surface area contributed by atoms with Crippen molar-refractivity contribution in [2.24, 2.45) is 14.1 Å². The maximum Gasteiger partial charge on any atom is 0.323 e. The van der Waals surface area contributed by atoms with Gasteiger partial charge in [-0.2, -0.15) is 4.68 Å². The molecule has 0 aliphatic carbocycles. The molecule has 0 spiro atoms. The lowest BCUT2D eigenvalue weighted by Crippen LogP contribution is -2.43. The first kappa shape index (κ1) is 12.4. The van der Waals surface area contributed by atoms with Gasteiger partial charge in [0.25, 0.3) is 0 Å². The first-order valence-corrected chi connectivity index (χ1v) is 6.48. The van der Waals surface area contributed by atoms with Crippen molar-refractivity contribution in [3.63, 3.8) is 0 Å². The maximum absolute atomic E-state index is 12.5. The van der Waals surface area contributed by atoms with Crippen molar-refractivity contribution in [1.29, 1.82) is 0 Å². The maximum atomic E-state index is 12.5. The molecule has 1 amide bonds. The molecule has 0 saturated heterocycles. The van der Waals surface area contributed by atoms with Crippen LogP contribution in [0.25, 0.3) is 10.9 Å². The van der Waals surface area contributed by atoms with E-state index in [1.165, 1.54) is 0 Å². The average molecular weight is 266 g/mol. The third-order valence-electron chi connectivity index (χ3n) is 3.53. The van der Waals surface area contributed by atoms with Crippen molar-refractivity contribution >= 4 is 22.5 Å². The number of hydrogen-bond donors (Lipinski definition) is 1. The van der Waals surface area contributed by atoms with Gasteiger partial charge in [0.1, 0.15) is 5.52 Å². The Balaban J connectivity index is 2.06. The molecule has 3 rings (SSSR count). The second kappa shape index (κ2) is 4.81. The zero-order valence-electron chi connectivity index (χ0n) is 11.5. The van der Waals surface area contributed by atoms with Crippen molar-refractivity contribution < 1.29 is 9.48 Å². The van der Waals surface area contributed by atoms with E-state index >= 15 is 0 Å². The minimum atomic E-state index is -0.101. The van der Waals surface area contributed by atoms with E-state index in [1.807, 2.05) is 78.1 Å². The number of benzene rings is 2. The number of para-hydroxylation sites is 2. The Kier molecular flexibility index (Phi) is 2.99. The SMILES string of the molecule is Cn1c2ccccc2c(C(=O)Nc2ccccc2)[n+]1C. The molecule has 0 bridgehead atoms. The van der Waals surface area contributed by atoms with Gasteiger partial charge in [0, 0.05) is 5.69 Å². The number of hydrogen-bond acceptors (Lipinski definition) is 1. The van der Waals surface area contributed by atoms with Crippen molar-refractivity contribution in [2.45, 2.75) is 0 Å². The zero-order valence-corrected chi connectivity index (χ0v) is 11.5. The highest BCUT2D eigenvalue weighted by Crippen LogP contribution is 2.17. The van der Waals surface area contributed by atoms with Crippen molar-refractivity contribution in [3.8, 4) is 0 Å². The topological polar surface area (TPSA) is 37.9 Å². The Morgan fingerprint density at radius 1 is 1.05 bits per heavy atom. The number of anilines is 1. The van der Waals surface area contributed by atoms with Gasteiger partial charge in [0.15, 0.2) is 7.05 Å². The molecule has 2 aromatic carbocycles. The molecule has 100 valence electrons. The highest BCUT2D eigenvalue weighted by molar-refractivity contribution is 6.09. The normalized spacial score (nSPS) is 10.7. The van der Waals surface area contributed by atoms with Crippen LogP contribution in [0.3, 0.4) is 0 Å². The Hall–Kier alpha value is -2.62. The fraction of sp³-hybridized carbons (Fsp3) is 0.125. The highest BCUT2D eigenvalue weighted by Gasteiger charge is 2.26. The largest absolute Gasteiger partial charge is 0.323 e. The predicted molar refractivity (Wildman–Crippen MR) is 78.5 cm³/mol. The van der Waals surface area contributed by atoms with E-state index in [4.69, 9.17) is 0 Å². The lowest BCUT2D eigenvalue weighted by Gasteiger charge is -2.01. The number of carbonyl (C=O) groups is 1. The number of rotatable bonds is 2. The minimum Gasteiger partial charge on any atom is -0.317 e. The standard InChI is InChI=1S/C16H15N3O/c1-18-14-11-7-6-10-13(14)15(19(18)2)16(20)17-12-8-4-3-5-9-12/h3-11H,1-2H3/p+1. The van der Waals surface area contributed by atoms with Crippen LogP contribution >= 0.6 is 0 Å². The van der Waals surface area contributed by atoms with E-state index in [0.717, 1.165) is 16.6 Å². The summed E-state index contributed by atoms with van der Waals surface area (Å²) in [6.45, 7) is 0. The van der Waals surface area contributed by atoms with Crippen LogP contribution in [0.5, 0.6) is 0 Å². The summed E-state index contributed by atoms with van der Waals surface area (Å²) in [5, 5.41) is 3.88. The van der Waals surface area contributed by atoms with Gasteiger partial charge in [-0.25, -0.2) is 0 Å². The summed E-state index contributed by atoms with van der Waals surface area (Å²) in [4.78, 5) is 12.5. The molecule has 0 aliphatic rings. The number of aromatic nitrogens is 2. The lowest BCUT2D eigenvalue weighted by atomic mass is 10.2. The molecule has 0 aliphatic heterocycles. The van der Waals surface area contributed by atoms with Crippen LogP contribution in [0.2, 0.25) is 0 Å². The van der Waals surface area contributed by atoms with Crippen LogP contribution in [0.4, 0.5) is 5.69 Å². The van der Waals surface area contributed by atoms with Crippen LogP contribution in [-0.4, -0.2) is 10.6 Å². The summed E-state index contributed by atoms with van der Waals surface area (Å²) in [5.74, 6) is -0.101. The van der Waals surface area contributed by atoms with Crippen molar-refractivity contribution in [3.05, 3.63) is 60.3 Å². The highest BCUT2D eigenvalue weighted by atomic mass is 16.2. The number of nitrogens with zero attached hydrogens (tertiary/aromatic N) is 2. The molecule has 0 atom stereocenters. The summed E-state index contributed by atoms with van der Waals surface area (Å²) in [6.07, 6.45) is 0. The number of amides is 1. The Labute approximate surface area is 117 Å². The summed E-state index contributed by atoms with van der Waals surface area (Å²) < 4.78 is 3.83. The second-order valence-electron chi connectivity index (χ2n) is 4.73. The first-order valence-electron chi connectivity index (χ1n) is 6.48. The quantitative estimate of drug-likeness (QED) is 0.710. The Morgan fingerprint density at radius 2 is 1.70 bits per heavy atom. The van der Waals surface area contributed by atoms with Gasteiger partial charge in [-0.1, -0.05) is 30.3 Å². The second-order valence-corrected chi connectivity index (χ2v) is 4.73. The van der Waals surface area contributed by atoms with Crippen molar-refractivity contribution in [2.75, 3.05) is 5.32 Å². The van der Waals surface area contributed by atoms with E-state index in [1.54, 1.807) is 0 Å². The van der Waals surface area contributed by atoms with Gasteiger partial charge < -0.3 is 5.32 Å². The number of carbonyl (C=O) groups excluding carboxylic acids is 1. The molecule has 20 heavy (non-hydrogen) atoms. The summed E-state index contributed by atoms with van der Waals surface area (Å²) in [7, 11) is 3.83. The Bertz CT molecular complexity index is 775. The number of nitrogens with one attached hydrogen (secondary N) is 1. The average Bonchev–Trinajstić information content (AvgIpc) is 2.72. The molecule has 4 nitrogen and oxygen atoms in total. The minimum absolute atomic E-state index is 0.101. The number of aryl methyl sites for hydroxylation is 1. The number of fused-ring (bicyclic) bond motifs is 1. The van der Waals surface area contributed by atoms with Crippen LogP contribution in [-0.2, 0) is 14.1 Å². The molecule has 0 unspecified atom stereocenters. The molecule has 4 heteroatoms. The molecular weight excluding hydrogens is 250 g/mol. The van der Waals surface area contributed by atoms with Crippen molar-refractivity contribution in [1.82, 2.24) is 4.68 Å². The third-order valence-corrected chi connectivity index (χ3v) is 3.53. The summed E-state index contributed by atoms with van der Waals surface area (Å²) in [5.41, 5.74) is 2.49. The van der Waals surface area contributed by atoms with E-state index in [-0.39, 0.29) is 5.91 Å². The molecule has 0 fully saturated rings. The smallest absolute Gasteiger partial charge is 0.317 e. The first-order chi connectivity index (χ1) is 9.68. The lowest BCUT2D eigenvalue weighted by molar-refractivity contribution is -0.750. The molecule has 0 saturated carbocycles. The van der Waals surface area contributed by atoms with Gasteiger partial charge >= 0.3 is 11.6 Å². The van der Waals surface area contributed by atoms with Crippen LogP contribution in [0.1, 0.15) is 10.5 Å². The van der Waals surface area contributed by atoms with E-state index in [2.05, 4.69) is 5.32 Å². The van der Waals surface area contributed by atoms with E-state index in [0.29, 0.717) is 5.69 Å². The van der Waals surface area contributed by atoms with Gasteiger partial charge in [-0.05, 0) is 24.3 Å². The van der Waals surface area contributed by atoms with E-state index < -0.39 is 0 Å².